The van der Waals surface area contributed by atoms with Crippen molar-refractivity contribution < 1.29 is 9.59 Å². The first-order valence-corrected chi connectivity index (χ1v) is 9.05. The van der Waals surface area contributed by atoms with Gasteiger partial charge in [0, 0.05) is 30.3 Å². The van der Waals surface area contributed by atoms with Gasteiger partial charge in [-0.2, -0.15) is 0 Å². The highest BCUT2D eigenvalue weighted by Gasteiger charge is 2.34. The van der Waals surface area contributed by atoms with Crippen molar-refractivity contribution in [2.75, 3.05) is 12.3 Å². The zero-order valence-corrected chi connectivity index (χ0v) is 14.5. The summed E-state index contributed by atoms with van der Waals surface area (Å²) in [5.41, 5.74) is 2.68. The molecule has 1 aliphatic rings. The van der Waals surface area contributed by atoms with Crippen molar-refractivity contribution in [3.63, 3.8) is 0 Å². The van der Waals surface area contributed by atoms with Crippen molar-refractivity contribution in [3.8, 4) is 11.3 Å². The first kappa shape index (κ1) is 16.4. The highest BCUT2D eigenvalue weighted by molar-refractivity contribution is 7.99. The van der Waals surface area contributed by atoms with Crippen LogP contribution >= 0.6 is 11.8 Å². The average molecular weight is 362 g/mol. The molecule has 0 atom stereocenters. The molecule has 3 heterocycles. The van der Waals surface area contributed by atoms with Crippen LogP contribution in [0.15, 0.2) is 66.0 Å². The molecule has 0 radical (unpaired) electrons. The SMILES string of the molecule is O=C1c2ccccc2C(=O)N1CCSc1ccc(-c2ccncc2)nn1. The molecule has 1 aliphatic heterocycles. The summed E-state index contributed by atoms with van der Waals surface area (Å²) in [6.07, 6.45) is 3.42. The second kappa shape index (κ2) is 7.05. The van der Waals surface area contributed by atoms with E-state index in [1.165, 1.54) is 16.7 Å². The molecule has 0 unspecified atom stereocenters. The lowest BCUT2D eigenvalue weighted by atomic mass is 10.1. The smallest absolute Gasteiger partial charge is 0.261 e. The number of amides is 2. The molecule has 3 aromatic rings. The van der Waals surface area contributed by atoms with Crippen LogP contribution in [0.1, 0.15) is 20.7 Å². The third-order valence-electron chi connectivity index (χ3n) is 4.06. The van der Waals surface area contributed by atoms with Crippen LogP contribution in [-0.2, 0) is 0 Å². The van der Waals surface area contributed by atoms with Crippen LogP contribution in [0, 0.1) is 0 Å². The molecular formula is C19H14N4O2S. The van der Waals surface area contributed by atoms with E-state index in [4.69, 9.17) is 0 Å². The van der Waals surface area contributed by atoms with E-state index >= 15 is 0 Å². The normalized spacial score (nSPS) is 13.2. The van der Waals surface area contributed by atoms with E-state index < -0.39 is 0 Å². The molecule has 128 valence electrons. The van der Waals surface area contributed by atoms with Gasteiger partial charge in [0.15, 0.2) is 0 Å². The van der Waals surface area contributed by atoms with Gasteiger partial charge in [0.2, 0.25) is 0 Å². The van der Waals surface area contributed by atoms with E-state index in [2.05, 4.69) is 15.2 Å². The molecule has 4 rings (SSSR count). The summed E-state index contributed by atoms with van der Waals surface area (Å²) in [4.78, 5) is 29.9. The number of hydrogen-bond acceptors (Lipinski definition) is 6. The summed E-state index contributed by atoms with van der Waals surface area (Å²) in [7, 11) is 0. The molecule has 0 fully saturated rings. The maximum absolute atomic E-state index is 12.3. The van der Waals surface area contributed by atoms with E-state index in [1.54, 1.807) is 36.7 Å². The van der Waals surface area contributed by atoms with Crippen molar-refractivity contribution in [1.82, 2.24) is 20.1 Å². The number of benzene rings is 1. The molecule has 2 amide bonds. The standard InChI is InChI=1S/C19H14N4O2S/c24-18-14-3-1-2-4-15(14)19(25)23(18)11-12-26-17-6-5-16(21-22-17)13-7-9-20-10-8-13/h1-10H,11-12H2. The Labute approximate surface area is 154 Å². The van der Waals surface area contributed by atoms with Gasteiger partial charge < -0.3 is 0 Å². The average Bonchev–Trinajstić information content (AvgIpc) is 2.94. The van der Waals surface area contributed by atoms with Gasteiger partial charge in [-0.3, -0.25) is 19.5 Å². The van der Waals surface area contributed by atoms with E-state index in [9.17, 15) is 9.59 Å². The summed E-state index contributed by atoms with van der Waals surface area (Å²) in [5, 5.41) is 9.17. The van der Waals surface area contributed by atoms with Crippen LogP contribution < -0.4 is 0 Å². The largest absolute Gasteiger partial charge is 0.273 e. The number of fused-ring (bicyclic) bond motifs is 1. The van der Waals surface area contributed by atoms with Crippen molar-refractivity contribution in [2.45, 2.75) is 5.03 Å². The number of aromatic nitrogens is 3. The number of nitrogens with zero attached hydrogens (tertiary/aromatic N) is 4. The molecule has 6 nitrogen and oxygen atoms in total. The number of imide groups is 1. The fraction of sp³-hybridized carbons (Fsp3) is 0.105. The molecule has 0 bridgehead atoms. The highest BCUT2D eigenvalue weighted by atomic mass is 32.2. The maximum atomic E-state index is 12.3. The van der Waals surface area contributed by atoms with Gasteiger partial charge in [0.1, 0.15) is 5.03 Å². The number of pyridine rings is 1. The van der Waals surface area contributed by atoms with Gasteiger partial charge >= 0.3 is 0 Å². The quantitative estimate of drug-likeness (QED) is 0.513. The third kappa shape index (κ3) is 3.09. The van der Waals surface area contributed by atoms with E-state index in [0.29, 0.717) is 23.4 Å². The second-order valence-corrected chi connectivity index (χ2v) is 6.76. The van der Waals surface area contributed by atoms with E-state index in [1.807, 2.05) is 24.3 Å². The van der Waals surface area contributed by atoms with Gasteiger partial charge in [0.05, 0.1) is 16.8 Å². The van der Waals surface area contributed by atoms with E-state index in [0.717, 1.165) is 16.3 Å². The van der Waals surface area contributed by atoms with Crippen molar-refractivity contribution >= 4 is 23.6 Å². The fourth-order valence-electron chi connectivity index (χ4n) is 2.76. The first-order valence-electron chi connectivity index (χ1n) is 8.06. The Morgan fingerprint density at radius 1 is 0.846 bits per heavy atom. The predicted octanol–water partition coefficient (Wildman–Crippen LogP) is 2.93. The number of carbonyl (C=O) groups is 2. The Hall–Kier alpha value is -3.06. The molecule has 26 heavy (non-hydrogen) atoms. The number of rotatable bonds is 5. The first-order chi connectivity index (χ1) is 12.7. The molecule has 0 spiro atoms. The molecule has 0 aliphatic carbocycles. The highest BCUT2D eigenvalue weighted by Crippen LogP contribution is 2.24. The van der Waals surface area contributed by atoms with Gasteiger partial charge in [0.25, 0.3) is 11.8 Å². The van der Waals surface area contributed by atoms with Gasteiger partial charge in [-0.1, -0.05) is 12.1 Å². The Kier molecular flexibility index (Phi) is 4.45. The maximum Gasteiger partial charge on any atom is 0.261 e. The van der Waals surface area contributed by atoms with Crippen LogP contribution in [0.3, 0.4) is 0 Å². The number of hydrogen-bond donors (Lipinski definition) is 0. The van der Waals surface area contributed by atoms with Crippen molar-refractivity contribution in [3.05, 3.63) is 72.1 Å². The Morgan fingerprint density at radius 2 is 1.54 bits per heavy atom. The fourth-order valence-corrected chi connectivity index (χ4v) is 3.50. The summed E-state index contributed by atoms with van der Waals surface area (Å²) in [5.74, 6) is 0.102. The predicted molar refractivity (Wildman–Crippen MR) is 97.8 cm³/mol. The van der Waals surface area contributed by atoms with Crippen molar-refractivity contribution in [1.29, 1.82) is 0 Å². The number of carbonyl (C=O) groups excluding carboxylic acids is 2. The summed E-state index contributed by atoms with van der Waals surface area (Å²) < 4.78 is 0. The minimum absolute atomic E-state index is 0.231. The number of thioether (sulfide) groups is 1. The van der Waals surface area contributed by atoms with Crippen LogP contribution in [0.5, 0.6) is 0 Å². The van der Waals surface area contributed by atoms with Crippen LogP contribution in [-0.4, -0.2) is 44.2 Å². The lowest BCUT2D eigenvalue weighted by Crippen LogP contribution is -2.31. The molecule has 1 aromatic carbocycles. The molecule has 0 saturated heterocycles. The third-order valence-corrected chi connectivity index (χ3v) is 4.96. The minimum Gasteiger partial charge on any atom is -0.273 e. The van der Waals surface area contributed by atoms with Gasteiger partial charge in [-0.15, -0.1) is 22.0 Å². The Bertz CT molecular complexity index is 926. The molecule has 2 aromatic heterocycles. The van der Waals surface area contributed by atoms with Crippen molar-refractivity contribution in [2.24, 2.45) is 0 Å². The molecule has 0 N–H and O–H groups in total. The summed E-state index contributed by atoms with van der Waals surface area (Å²) in [6, 6.07) is 14.4. The van der Waals surface area contributed by atoms with Crippen LogP contribution in [0.25, 0.3) is 11.3 Å². The van der Waals surface area contributed by atoms with Gasteiger partial charge in [-0.25, -0.2) is 0 Å². The molecular weight excluding hydrogens is 348 g/mol. The lowest BCUT2D eigenvalue weighted by Gasteiger charge is -2.12. The summed E-state index contributed by atoms with van der Waals surface area (Å²) in [6.45, 7) is 0.338. The second-order valence-electron chi connectivity index (χ2n) is 5.65. The minimum atomic E-state index is -0.231. The zero-order chi connectivity index (χ0) is 17.9. The lowest BCUT2D eigenvalue weighted by molar-refractivity contribution is 0.0664. The van der Waals surface area contributed by atoms with Crippen LogP contribution in [0.2, 0.25) is 0 Å². The van der Waals surface area contributed by atoms with Crippen LogP contribution in [0.4, 0.5) is 0 Å². The molecule has 7 heteroatoms. The monoisotopic (exact) mass is 362 g/mol. The summed E-state index contributed by atoms with van der Waals surface area (Å²) >= 11 is 1.46. The Morgan fingerprint density at radius 3 is 2.15 bits per heavy atom. The van der Waals surface area contributed by atoms with E-state index in [-0.39, 0.29) is 11.8 Å². The topological polar surface area (TPSA) is 76.1 Å². The van der Waals surface area contributed by atoms with Gasteiger partial charge in [-0.05, 0) is 36.4 Å². The molecule has 0 saturated carbocycles. The Balaban J connectivity index is 1.37. The zero-order valence-electron chi connectivity index (χ0n) is 13.7.